The second-order valence-corrected chi connectivity index (χ2v) is 4.67. The van der Waals surface area contributed by atoms with Crippen LogP contribution in [0.15, 0.2) is 48.5 Å². The number of hydrogen-bond acceptors (Lipinski definition) is 3. The average Bonchev–Trinajstić information content (AvgIpc) is 2.94. The van der Waals surface area contributed by atoms with Crippen LogP contribution in [0.4, 0.5) is 10.1 Å². The molecule has 0 aliphatic carbocycles. The molecule has 2 N–H and O–H groups in total. The lowest BCUT2D eigenvalue weighted by molar-refractivity contribution is -0.116. The number of rotatable bonds is 3. The number of aromatic nitrogens is 2. The molecule has 3 rings (SSSR count). The van der Waals surface area contributed by atoms with Crippen LogP contribution in [0.2, 0.25) is 0 Å². The Morgan fingerprint density at radius 3 is 2.68 bits per heavy atom. The normalized spacial score (nSPS) is 11.8. The number of para-hydroxylation sites is 3. The summed E-state index contributed by atoms with van der Waals surface area (Å²) in [5.74, 6) is -2.10. The highest BCUT2D eigenvalue weighted by Crippen LogP contribution is 2.20. The number of fused-ring (bicyclic) bond motifs is 1. The maximum Gasteiger partial charge on any atom is 0.249 e. The van der Waals surface area contributed by atoms with Crippen LogP contribution in [0.25, 0.3) is 11.0 Å². The average molecular weight is 294 g/mol. The Morgan fingerprint density at radius 2 is 1.95 bits per heavy atom. The Balaban J connectivity index is 1.89. The number of benzene rings is 2. The summed E-state index contributed by atoms with van der Waals surface area (Å²) in [5, 5.41) is 11.7. The molecule has 6 heteroatoms. The van der Waals surface area contributed by atoms with E-state index in [0.717, 1.165) is 5.52 Å². The molecule has 5 nitrogen and oxygen atoms in total. The first-order valence-electron chi connectivity index (χ1n) is 6.58. The van der Waals surface area contributed by atoms with Crippen LogP contribution in [0.3, 0.4) is 0 Å². The molecule has 0 unspecified atom stereocenters. The van der Waals surface area contributed by atoms with Crippen molar-refractivity contribution in [3.8, 4) is 6.07 Å². The zero-order chi connectivity index (χ0) is 15.5. The standard InChI is InChI=1S/C16H11FN4O/c17-11-5-1-2-6-12(11)21-16(22)10(9-18)15-19-13-7-3-4-8-14(13)20-15/h1-8,10H,(H,19,20)(H,21,22)/t10-/m0/s1. The number of carbonyl (C=O) groups excluding carboxylic acids is 1. The van der Waals surface area contributed by atoms with E-state index >= 15 is 0 Å². The number of H-pyrrole nitrogens is 1. The van der Waals surface area contributed by atoms with E-state index in [9.17, 15) is 14.4 Å². The van der Waals surface area contributed by atoms with E-state index in [1.165, 1.54) is 18.2 Å². The SMILES string of the molecule is N#C[C@H](C(=O)Nc1ccccc1F)c1nc2ccccc2[nH]1. The lowest BCUT2D eigenvalue weighted by atomic mass is 10.1. The molecule has 22 heavy (non-hydrogen) atoms. The molecule has 0 spiro atoms. The smallest absolute Gasteiger partial charge is 0.249 e. The van der Waals surface area contributed by atoms with Crippen molar-refractivity contribution < 1.29 is 9.18 Å². The summed E-state index contributed by atoms with van der Waals surface area (Å²) in [6, 6.07) is 14.9. The van der Waals surface area contributed by atoms with E-state index in [-0.39, 0.29) is 11.5 Å². The summed E-state index contributed by atoms with van der Waals surface area (Å²) in [6.07, 6.45) is 0. The van der Waals surface area contributed by atoms with Gasteiger partial charge in [0.15, 0.2) is 5.92 Å². The third-order valence-electron chi connectivity index (χ3n) is 3.20. The minimum absolute atomic E-state index is 0.0314. The number of nitriles is 1. The van der Waals surface area contributed by atoms with Crippen LogP contribution in [-0.2, 0) is 4.79 Å². The Hall–Kier alpha value is -3.20. The summed E-state index contributed by atoms with van der Waals surface area (Å²) >= 11 is 0. The molecule has 0 saturated carbocycles. The molecule has 2 aromatic carbocycles. The van der Waals surface area contributed by atoms with Gasteiger partial charge in [-0.1, -0.05) is 24.3 Å². The molecule has 0 radical (unpaired) electrons. The van der Waals surface area contributed by atoms with Gasteiger partial charge in [-0.2, -0.15) is 5.26 Å². The van der Waals surface area contributed by atoms with Gasteiger partial charge in [0.1, 0.15) is 11.6 Å². The molecule has 0 aliphatic heterocycles. The topological polar surface area (TPSA) is 81.6 Å². The van der Waals surface area contributed by atoms with Crippen molar-refractivity contribution in [2.75, 3.05) is 5.32 Å². The number of halogens is 1. The van der Waals surface area contributed by atoms with Gasteiger partial charge >= 0.3 is 0 Å². The fourth-order valence-electron chi connectivity index (χ4n) is 2.12. The molecule has 3 aromatic rings. The predicted molar refractivity (Wildman–Crippen MR) is 79.5 cm³/mol. The van der Waals surface area contributed by atoms with Crippen molar-refractivity contribution in [3.63, 3.8) is 0 Å². The van der Waals surface area contributed by atoms with Crippen molar-refractivity contribution in [2.45, 2.75) is 5.92 Å². The van der Waals surface area contributed by atoms with E-state index < -0.39 is 17.6 Å². The Labute approximate surface area is 125 Å². The molecule has 1 heterocycles. The maximum absolute atomic E-state index is 13.6. The molecule has 0 bridgehead atoms. The number of anilines is 1. The molecular formula is C16H11FN4O. The Morgan fingerprint density at radius 1 is 1.23 bits per heavy atom. The van der Waals surface area contributed by atoms with Crippen LogP contribution >= 0.6 is 0 Å². The van der Waals surface area contributed by atoms with Crippen molar-refractivity contribution >= 4 is 22.6 Å². The van der Waals surface area contributed by atoms with Crippen molar-refractivity contribution in [2.24, 2.45) is 0 Å². The number of amides is 1. The summed E-state index contributed by atoms with van der Waals surface area (Å²) in [4.78, 5) is 19.4. The van der Waals surface area contributed by atoms with E-state index in [1.54, 1.807) is 18.2 Å². The van der Waals surface area contributed by atoms with Gasteiger partial charge in [-0.25, -0.2) is 9.37 Å². The number of nitrogens with zero attached hydrogens (tertiary/aromatic N) is 2. The van der Waals surface area contributed by atoms with Crippen LogP contribution in [0.1, 0.15) is 11.7 Å². The highest BCUT2D eigenvalue weighted by atomic mass is 19.1. The first kappa shape index (κ1) is 13.8. The Kier molecular flexibility index (Phi) is 3.54. The maximum atomic E-state index is 13.6. The van der Waals surface area contributed by atoms with Gasteiger partial charge in [-0.3, -0.25) is 4.79 Å². The van der Waals surface area contributed by atoms with Crippen LogP contribution in [-0.4, -0.2) is 15.9 Å². The van der Waals surface area contributed by atoms with Crippen LogP contribution in [0, 0.1) is 17.1 Å². The number of hydrogen-bond donors (Lipinski definition) is 2. The predicted octanol–water partition coefficient (Wildman–Crippen LogP) is 2.95. The highest BCUT2D eigenvalue weighted by molar-refractivity contribution is 5.97. The molecular weight excluding hydrogens is 283 g/mol. The largest absolute Gasteiger partial charge is 0.340 e. The van der Waals surface area contributed by atoms with Gasteiger partial charge in [0.05, 0.1) is 22.8 Å². The fourth-order valence-corrected chi connectivity index (χ4v) is 2.12. The van der Waals surface area contributed by atoms with E-state index in [0.29, 0.717) is 5.52 Å². The van der Waals surface area contributed by atoms with E-state index in [1.807, 2.05) is 18.2 Å². The lowest BCUT2D eigenvalue weighted by Crippen LogP contribution is -2.21. The van der Waals surface area contributed by atoms with Crippen LogP contribution in [0.5, 0.6) is 0 Å². The van der Waals surface area contributed by atoms with Gasteiger partial charge in [0.25, 0.3) is 0 Å². The van der Waals surface area contributed by atoms with Gasteiger partial charge < -0.3 is 10.3 Å². The summed E-state index contributed by atoms with van der Waals surface area (Å²) in [6.45, 7) is 0. The zero-order valence-electron chi connectivity index (χ0n) is 11.4. The van der Waals surface area contributed by atoms with Crippen LogP contribution < -0.4 is 5.32 Å². The first-order chi connectivity index (χ1) is 10.7. The lowest BCUT2D eigenvalue weighted by Gasteiger charge is -2.08. The third-order valence-corrected chi connectivity index (χ3v) is 3.20. The van der Waals surface area contributed by atoms with Gasteiger partial charge in [-0.15, -0.1) is 0 Å². The molecule has 108 valence electrons. The zero-order valence-corrected chi connectivity index (χ0v) is 11.4. The number of aromatic amines is 1. The quantitative estimate of drug-likeness (QED) is 0.779. The molecule has 0 aliphatic rings. The molecule has 1 aromatic heterocycles. The summed E-state index contributed by atoms with van der Waals surface area (Å²) in [5.41, 5.74) is 1.43. The monoisotopic (exact) mass is 294 g/mol. The highest BCUT2D eigenvalue weighted by Gasteiger charge is 2.24. The Bertz CT molecular complexity index is 848. The van der Waals surface area contributed by atoms with Crippen molar-refractivity contribution in [1.29, 1.82) is 5.26 Å². The molecule has 0 saturated heterocycles. The summed E-state index contributed by atoms with van der Waals surface area (Å²) in [7, 11) is 0. The molecule has 0 fully saturated rings. The van der Waals surface area contributed by atoms with Crippen molar-refractivity contribution in [1.82, 2.24) is 9.97 Å². The molecule has 1 atom stereocenters. The second kappa shape index (κ2) is 5.66. The van der Waals surface area contributed by atoms with Gasteiger partial charge in [-0.05, 0) is 24.3 Å². The molecule has 1 amide bonds. The number of nitrogens with one attached hydrogen (secondary N) is 2. The third kappa shape index (κ3) is 2.52. The van der Waals surface area contributed by atoms with Gasteiger partial charge in [0, 0.05) is 0 Å². The fraction of sp³-hybridized carbons (Fsp3) is 0.0625. The summed E-state index contributed by atoms with van der Waals surface area (Å²) < 4.78 is 13.6. The van der Waals surface area contributed by atoms with E-state index in [2.05, 4.69) is 15.3 Å². The van der Waals surface area contributed by atoms with E-state index in [4.69, 9.17) is 0 Å². The van der Waals surface area contributed by atoms with Gasteiger partial charge in [0.2, 0.25) is 5.91 Å². The second-order valence-electron chi connectivity index (χ2n) is 4.67. The minimum Gasteiger partial charge on any atom is -0.340 e. The minimum atomic E-state index is -1.15. The van der Waals surface area contributed by atoms with Crippen molar-refractivity contribution in [3.05, 3.63) is 60.2 Å². The number of imidazole rings is 1. The first-order valence-corrected chi connectivity index (χ1v) is 6.58. The number of carbonyl (C=O) groups is 1.